The summed E-state index contributed by atoms with van der Waals surface area (Å²) in [4.78, 5) is 58.6. The number of fused-ring (bicyclic) bond motifs is 28. The van der Waals surface area contributed by atoms with Gasteiger partial charge in [-0.1, -0.05) is 166 Å². The summed E-state index contributed by atoms with van der Waals surface area (Å²) in [7, 11) is 0. The molecule has 18 heteroatoms. The van der Waals surface area contributed by atoms with Crippen LogP contribution in [0.5, 0.6) is 0 Å². The van der Waals surface area contributed by atoms with Crippen molar-refractivity contribution >= 4 is 52.3 Å². The maximum Gasteiger partial charge on any atom is 2.00 e. The molecule has 0 aromatic rings. The minimum Gasteiger partial charge on any atom is -1.00 e. The Morgan fingerprint density at radius 2 is 0.767 bits per heavy atom. The predicted octanol–water partition coefficient (Wildman–Crippen LogP) is 17.1. The van der Waals surface area contributed by atoms with Crippen molar-refractivity contribution in [1.82, 2.24) is 0 Å². The zero-order valence-electron chi connectivity index (χ0n) is 82.0. The fourth-order valence-corrected chi connectivity index (χ4v) is 32.3. The van der Waals surface area contributed by atoms with E-state index in [4.69, 9.17) is 55.8 Å². The molecule has 29 atom stereocenters. The molecule has 23 aliphatic rings. The number of aliphatic hydroxyl groups excluding tert-OH is 1. The van der Waals surface area contributed by atoms with E-state index in [1.54, 1.807) is 32.9 Å². The van der Waals surface area contributed by atoms with E-state index in [1.807, 2.05) is 30.4 Å². The number of halogens is 1. The van der Waals surface area contributed by atoms with Gasteiger partial charge in [0.25, 0.3) is 0 Å². The third-order valence-electron chi connectivity index (χ3n) is 39.4. The summed E-state index contributed by atoms with van der Waals surface area (Å²) in [6.45, 7) is 35.9. The Bertz CT molecular complexity index is 5010. The van der Waals surface area contributed by atoms with Gasteiger partial charge in [-0.3, -0.25) is 24.0 Å². The van der Waals surface area contributed by atoms with E-state index in [0.29, 0.717) is 88.6 Å². The average Bonchev–Trinajstić information content (AvgIpc) is 1.57. The number of terminal acetylenes is 3. The second-order valence-corrected chi connectivity index (χ2v) is 46.2. The average molecular weight is 1890 g/mol. The zero-order chi connectivity index (χ0) is 94.1. The molecule has 3 heterocycles. The molecule has 133 heavy (non-hydrogen) atoms. The summed E-state index contributed by atoms with van der Waals surface area (Å²) in [6.07, 6.45) is 94.5. The van der Waals surface area contributed by atoms with E-state index in [-0.39, 0.29) is 147 Å². The first-order valence-electron chi connectivity index (χ1n) is 49.9. The van der Waals surface area contributed by atoms with E-state index < -0.39 is 17.3 Å². The number of esters is 2. The first-order valence-corrected chi connectivity index (χ1v) is 49.9. The van der Waals surface area contributed by atoms with Gasteiger partial charge in [0.1, 0.15) is 23.6 Å². The maximum atomic E-state index is 12.4. The number of Topliss-reactive ketones (excluding diaryl/α,β-unsaturated/α-hetero) is 1. The van der Waals surface area contributed by atoms with Crippen LogP contribution >= 0.6 is 0 Å². The van der Waals surface area contributed by atoms with Gasteiger partial charge in [0.15, 0.2) is 28.9 Å². The number of carbonyl (C=O) groups is 5. The van der Waals surface area contributed by atoms with E-state index in [9.17, 15) is 34.2 Å². The Morgan fingerprint density at radius 3 is 1.21 bits per heavy atom. The molecule has 0 aromatic carbocycles. The molecule has 16 nitrogen and oxygen atoms in total. The molecule has 20 aliphatic carbocycles. The molecule has 0 aromatic heterocycles. The summed E-state index contributed by atoms with van der Waals surface area (Å²) >= 11 is 0. The minimum atomic E-state index is -0.952. The van der Waals surface area contributed by atoms with Crippen molar-refractivity contribution in [2.75, 3.05) is 39.6 Å². The van der Waals surface area contributed by atoms with Crippen LogP contribution in [0.25, 0.3) is 0 Å². The SMILES string of the molecule is C#C.C#C[C@]1(O)CCC2C3C=CC4=CC(O)C=C[C@]4(C)C3CC[C@@]21C.CC(=O)OC1C=C[C@@]2(C)C(=C1)C=CC1C2CC[C@@]2(C)C1CCC21OCCO1.CC(=O)OC1C=C[C@@]2(C)C(=C1)C=CC1C2CC[C@]2(C)C(=O)CCC12.CC(C)(C)O.C[C@]12C=CC(=O)C=C1C=CC1C2CC[C@@]2(C)C1CCC21OCCO1.C[C@]12C=CC(=O)C=C1CCC1C2CC[C@@]2(C)C1CCC21OCCO1.[Br-].[C-]#C.[Mg+2]. The van der Waals surface area contributed by atoms with Crippen LogP contribution in [0.4, 0.5) is 0 Å². The first kappa shape index (κ1) is 103. The number of ketones is 3. The summed E-state index contributed by atoms with van der Waals surface area (Å²) in [5.41, 5.74) is 5.09. The van der Waals surface area contributed by atoms with E-state index in [0.717, 1.165) is 135 Å². The molecule has 3 N–H and O–H groups in total. The van der Waals surface area contributed by atoms with Gasteiger partial charge in [0, 0.05) is 93.7 Å². The molecular weight excluding hydrogens is 1740 g/mol. The van der Waals surface area contributed by atoms with Gasteiger partial charge in [0.2, 0.25) is 0 Å². The standard InChI is InChI=1S/C23H30O4.C21H28O3.2C21H26O3.C21H26O2.C4H10O.C2H2.C2H.BrH.Mg/c1-15(24)27-17-6-9-21(2)16(14-17)4-5-18-19(21)7-10-22(3)20(18)8-11-23(22)25-12-13-26-23;2*1-19-8-5-15(22)13-14(19)3-4-16-17(19)6-9-20(2)18(16)7-10-21(20)23-11-12-24-21;1-13(22)24-15-8-10-20(2)14(12-15)4-5-16-17-6-7-19(23)21(17,3)11-9-18(16)20;1-4-21(23)12-9-18-16-6-5-14-13-15(22)7-10-19(14,2)17(16)8-11-20(18,21)3;1-4(2,3)5;2*1-2;;/h4-6,9,14,17-20H,7-8,10-13H2,1-3H3;5,8,13,16-18H,3-4,6-7,9-12H2,1-2H3;3-5,8,13,16-18H,6-7,9-12H2,1-2H3;4-5,8,10,12,15-18H,6-7,9,11H2,1-3H3;1,5-7,10,13,15-18,22-23H,8-9,11-12H2,2-3H3;5H,1-3H3;1-2H;1H;1H;/q;;;;;;;-1;;+2/p-1/t17?,18?,19?,20?,21-,22-;2*16?,17?,18?,19-,20-;15?,16?,17?,18?,20-,21-;15?,16?,17?,18?,19-,20-,21-;;;;;/m00000...../s1. The van der Waals surface area contributed by atoms with Gasteiger partial charge in [0.05, 0.1) is 51.3 Å². The van der Waals surface area contributed by atoms with Crippen LogP contribution in [0.15, 0.2) is 168 Å². The number of rotatable bonds is 2. The summed E-state index contributed by atoms with van der Waals surface area (Å²) in [5.74, 6) is 10.5. The van der Waals surface area contributed by atoms with Crippen molar-refractivity contribution in [2.24, 2.45) is 143 Å². The molecule has 3 spiro atoms. The van der Waals surface area contributed by atoms with Gasteiger partial charge in [-0.05, 0) is 302 Å². The fourth-order valence-electron chi connectivity index (χ4n) is 32.3. The molecule has 3 saturated heterocycles. The van der Waals surface area contributed by atoms with Gasteiger partial charge < -0.3 is 83.0 Å². The van der Waals surface area contributed by atoms with Crippen molar-refractivity contribution in [1.29, 1.82) is 0 Å². The second-order valence-electron chi connectivity index (χ2n) is 46.2. The van der Waals surface area contributed by atoms with Crippen molar-refractivity contribution in [2.45, 2.75) is 292 Å². The third-order valence-corrected chi connectivity index (χ3v) is 39.4. The minimum absolute atomic E-state index is 0. The molecule has 3 aliphatic heterocycles. The largest absolute Gasteiger partial charge is 2.00 e. The number of carbonyl (C=O) groups excluding carboxylic acids is 5. The quantitative estimate of drug-likeness (QED) is 0.0769. The maximum absolute atomic E-state index is 12.4. The Kier molecular flexibility index (Phi) is 29.2. The van der Waals surface area contributed by atoms with Crippen LogP contribution in [-0.4, -0.2) is 154 Å². The predicted molar refractivity (Wildman–Crippen MR) is 513 cm³/mol. The van der Waals surface area contributed by atoms with Crippen molar-refractivity contribution < 1.29 is 94.2 Å². The van der Waals surface area contributed by atoms with E-state index in [2.05, 4.69) is 192 Å². The normalized spacial score (nSPS) is 45.0. The molecule has 23 rings (SSSR count). The topological polar surface area (TPSA) is 220 Å². The monoisotopic (exact) mass is 1890 g/mol. The Labute approximate surface area is 820 Å². The van der Waals surface area contributed by atoms with Crippen molar-refractivity contribution in [3.8, 4) is 31.6 Å². The van der Waals surface area contributed by atoms with E-state index >= 15 is 0 Å². The third kappa shape index (κ3) is 16.9. The van der Waals surface area contributed by atoms with E-state index in [1.165, 1.54) is 93.1 Å². The smallest absolute Gasteiger partial charge is 1.00 e. The zero-order valence-corrected chi connectivity index (χ0v) is 85.0. The van der Waals surface area contributed by atoms with Gasteiger partial charge in [-0.25, -0.2) is 0 Å². The number of hydrogen-bond acceptors (Lipinski definition) is 16. The van der Waals surface area contributed by atoms with Crippen LogP contribution in [0.2, 0.25) is 0 Å². The molecule has 714 valence electrons. The number of allylic oxidation sites excluding steroid dienone is 22. The van der Waals surface area contributed by atoms with Crippen LogP contribution in [0, 0.1) is 181 Å². The molecular formula is C115H149BrMgO16. The van der Waals surface area contributed by atoms with Crippen LogP contribution in [-0.2, 0) is 61.9 Å². The number of hydrogen-bond donors (Lipinski definition) is 3. The van der Waals surface area contributed by atoms with Gasteiger partial charge in [-0.15, -0.1) is 19.3 Å². The Balaban J connectivity index is 0.000000130. The van der Waals surface area contributed by atoms with Crippen LogP contribution in [0.1, 0.15) is 245 Å². The molecule has 0 radical (unpaired) electrons. The van der Waals surface area contributed by atoms with Crippen LogP contribution < -0.4 is 17.0 Å². The number of aliphatic hydroxyl groups is 3. The first-order chi connectivity index (χ1) is 62.0. The molecule has 0 amide bonds. The molecule has 0 bridgehead atoms. The summed E-state index contributed by atoms with van der Waals surface area (Å²) in [5, 5.41) is 29.4. The van der Waals surface area contributed by atoms with Crippen molar-refractivity contribution in [3.05, 3.63) is 174 Å². The molecule has 11 saturated carbocycles. The Morgan fingerprint density at radius 1 is 0.421 bits per heavy atom. The molecule has 18 unspecified atom stereocenters. The van der Waals surface area contributed by atoms with Crippen molar-refractivity contribution in [3.63, 3.8) is 0 Å². The van der Waals surface area contributed by atoms with Gasteiger partial charge >= 0.3 is 35.0 Å². The fraction of sp³-hybridized carbons (Fsp3) is 0.661. The summed E-state index contributed by atoms with van der Waals surface area (Å²) in [6, 6.07) is 0. The molecule has 14 fully saturated rings. The summed E-state index contributed by atoms with van der Waals surface area (Å²) < 4.78 is 48.0. The van der Waals surface area contributed by atoms with Gasteiger partial charge in [-0.2, -0.15) is 0 Å². The number of ether oxygens (including phenoxy) is 8. The van der Waals surface area contributed by atoms with Crippen LogP contribution in [0.3, 0.4) is 0 Å². The Hall–Kier alpha value is -6.12. The second kappa shape index (κ2) is 37.8.